The average molecular weight is 274 g/mol. The largest absolute Gasteiger partial charge is 0.0958 e. The third-order valence-corrected chi connectivity index (χ3v) is 4.11. The van der Waals surface area contributed by atoms with Gasteiger partial charge in [0.05, 0.1) is 0 Å². The van der Waals surface area contributed by atoms with Crippen LogP contribution in [0.2, 0.25) is 0 Å². The Morgan fingerprint density at radius 3 is 2.15 bits per heavy atom. The summed E-state index contributed by atoms with van der Waals surface area (Å²) in [5, 5.41) is 0. The molecule has 0 saturated heterocycles. The van der Waals surface area contributed by atoms with Gasteiger partial charge in [0, 0.05) is 0 Å². The van der Waals surface area contributed by atoms with Gasteiger partial charge in [0.15, 0.2) is 0 Å². The molecule has 0 N–H and O–H groups in total. The molecule has 0 bridgehead atoms. The molecule has 0 aliphatic carbocycles. The Balaban J connectivity index is 4.48. The van der Waals surface area contributed by atoms with E-state index in [2.05, 4.69) is 67.2 Å². The van der Waals surface area contributed by atoms with Crippen LogP contribution in [0.3, 0.4) is 0 Å². The van der Waals surface area contributed by atoms with E-state index in [4.69, 9.17) is 0 Å². The zero-order chi connectivity index (χ0) is 15.7. The molecular formula is C20H34. The summed E-state index contributed by atoms with van der Waals surface area (Å²) in [6.45, 7) is 19.5. The summed E-state index contributed by atoms with van der Waals surface area (Å²) in [4.78, 5) is 0. The van der Waals surface area contributed by atoms with Gasteiger partial charge >= 0.3 is 0 Å². The minimum Gasteiger partial charge on any atom is -0.0958 e. The molecule has 0 saturated carbocycles. The lowest BCUT2D eigenvalue weighted by atomic mass is 9.94. The van der Waals surface area contributed by atoms with Crippen LogP contribution in [0, 0.1) is 5.92 Å². The molecule has 0 radical (unpaired) electrons. The van der Waals surface area contributed by atoms with Crippen molar-refractivity contribution in [3.63, 3.8) is 0 Å². The first-order valence-electron chi connectivity index (χ1n) is 7.97. The monoisotopic (exact) mass is 274 g/mol. The molecule has 0 aromatic carbocycles. The van der Waals surface area contributed by atoms with E-state index < -0.39 is 0 Å². The van der Waals surface area contributed by atoms with Crippen LogP contribution in [0.1, 0.15) is 74.1 Å². The van der Waals surface area contributed by atoms with Gasteiger partial charge in [-0.15, -0.1) is 0 Å². The van der Waals surface area contributed by atoms with E-state index in [1.54, 1.807) is 0 Å². The van der Waals surface area contributed by atoms with E-state index in [1.807, 2.05) is 0 Å². The van der Waals surface area contributed by atoms with Gasteiger partial charge < -0.3 is 0 Å². The quantitative estimate of drug-likeness (QED) is 0.330. The molecule has 20 heavy (non-hydrogen) atoms. The Labute approximate surface area is 127 Å². The summed E-state index contributed by atoms with van der Waals surface area (Å²) in [7, 11) is 0. The molecule has 0 nitrogen and oxygen atoms in total. The molecule has 0 heteroatoms. The van der Waals surface area contributed by atoms with Gasteiger partial charge in [-0.3, -0.25) is 0 Å². The fraction of sp³-hybridized carbons (Fsp3) is 0.600. The summed E-state index contributed by atoms with van der Waals surface area (Å²) in [5.41, 5.74) is 6.82. The first-order valence-corrected chi connectivity index (χ1v) is 7.97. The maximum Gasteiger partial charge on any atom is -0.0256 e. The number of hydrogen-bond donors (Lipinski definition) is 0. The minimum atomic E-state index is 0.650. The van der Waals surface area contributed by atoms with Gasteiger partial charge in [0.2, 0.25) is 0 Å². The summed E-state index contributed by atoms with van der Waals surface area (Å²) < 4.78 is 0. The maximum absolute atomic E-state index is 4.03. The van der Waals surface area contributed by atoms with Crippen LogP contribution in [0.4, 0.5) is 0 Å². The molecular weight excluding hydrogens is 240 g/mol. The third-order valence-electron chi connectivity index (χ3n) is 4.11. The minimum absolute atomic E-state index is 0.650. The van der Waals surface area contributed by atoms with Crippen LogP contribution < -0.4 is 0 Å². The molecule has 0 fully saturated rings. The zero-order valence-electron chi connectivity index (χ0n) is 14.8. The van der Waals surface area contributed by atoms with Crippen LogP contribution >= 0.6 is 0 Å². The summed E-state index contributed by atoms with van der Waals surface area (Å²) in [6.07, 6.45) is 9.71. The maximum atomic E-state index is 4.03. The van der Waals surface area contributed by atoms with E-state index in [0.717, 1.165) is 6.42 Å². The second-order valence-corrected chi connectivity index (χ2v) is 6.21. The summed E-state index contributed by atoms with van der Waals surface area (Å²) >= 11 is 0. The summed E-state index contributed by atoms with van der Waals surface area (Å²) in [5.74, 6) is 0.650. The molecule has 1 atom stereocenters. The van der Waals surface area contributed by atoms with Gasteiger partial charge in [-0.05, 0) is 77.4 Å². The Hall–Kier alpha value is -1.04. The van der Waals surface area contributed by atoms with Crippen LogP contribution in [-0.2, 0) is 0 Å². The Morgan fingerprint density at radius 1 is 1.05 bits per heavy atom. The molecule has 0 aromatic rings. The van der Waals surface area contributed by atoms with Crippen molar-refractivity contribution in [1.82, 2.24) is 0 Å². The molecule has 0 aliphatic heterocycles. The van der Waals surface area contributed by atoms with Gasteiger partial charge in [-0.25, -0.2) is 0 Å². The summed E-state index contributed by atoms with van der Waals surface area (Å²) in [6, 6.07) is 0. The molecule has 0 unspecified atom stereocenters. The predicted molar refractivity (Wildman–Crippen MR) is 94.0 cm³/mol. The lowest BCUT2D eigenvalue weighted by molar-refractivity contribution is 0.601. The van der Waals surface area contributed by atoms with Crippen LogP contribution in [0.25, 0.3) is 0 Å². The highest BCUT2D eigenvalue weighted by Gasteiger charge is 2.04. The smallest absolute Gasteiger partial charge is 0.0256 e. The van der Waals surface area contributed by atoms with Crippen LogP contribution in [-0.4, -0.2) is 0 Å². The Morgan fingerprint density at radius 2 is 1.65 bits per heavy atom. The van der Waals surface area contributed by atoms with Crippen LogP contribution in [0.15, 0.2) is 46.6 Å². The number of hydrogen-bond acceptors (Lipinski definition) is 0. The predicted octanol–water partition coefficient (Wildman–Crippen LogP) is 7.01. The van der Waals surface area contributed by atoms with Crippen molar-refractivity contribution in [2.24, 2.45) is 5.92 Å². The molecule has 114 valence electrons. The molecule has 0 aromatic heterocycles. The average Bonchev–Trinajstić information content (AvgIpc) is 2.36. The Kier molecular flexibility index (Phi) is 9.29. The molecule has 0 heterocycles. The third kappa shape index (κ3) is 7.53. The second kappa shape index (κ2) is 9.80. The first-order chi connectivity index (χ1) is 9.29. The van der Waals surface area contributed by atoms with Crippen molar-refractivity contribution in [1.29, 1.82) is 0 Å². The molecule has 0 aliphatic rings. The topological polar surface area (TPSA) is 0 Å². The molecule has 0 amide bonds. The van der Waals surface area contributed by atoms with Gasteiger partial charge in [0.25, 0.3) is 0 Å². The Bertz CT molecular complexity index is 402. The van der Waals surface area contributed by atoms with Crippen molar-refractivity contribution in [2.45, 2.75) is 74.1 Å². The number of allylic oxidation sites excluding steroid dienone is 7. The number of rotatable bonds is 8. The highest BCUT2D eigenvalue weighted by atomic mass is 14.1. The van der Waals surface area contributed by atoms with Crippen molar-refractivity contribution in [3.05, 3.63) is 46.6 Å². The van der Waals surface area contributed by atoms with E-state index in [9.17, 15) is 0 Å². The SMILES string of the molecule is C=C(C)/C(C)=C(C)\C(C)=C\[C@H](C)CCC/C(C)=C\CC. The van der Waals surface area contributed by atoms with E-state index in [-0.39, 0.29) is 0 Å². The van der Waals surface area contributed by atoms with Gasteiger partial charge in [0.1, 0.15) is 0 Å². The standard InChI is InChI=1S/C20H34/c1-9-11-16(4)12-10-13-17(5)14-18(6)20(8)19(7)15(2)3/h11,14,17H,2,9-10,12-13H2,1,3-8H3/b16-11-,18-14+,20-19-/t17-/m1/s1. The van der Waals surface area contributed by atoms with Crippen molar-refractivity contribution in [2.75, 3.05) is 0 Å². The fourth-order valence-electron chi connectivity index (χ4n) is 2.40. The first kappa shape index (κ1) is 19.0. The van der Waals surface area contributed by atoms with E-state index >= 15 is 0 Å². The lowest BCUT2D eigenvalue weighted by Crippen LogP contribution is -1.95. The normalized spacial score (nSPS) is 15.9. The fourth-order valence-corrected chi connectivity index (χ4v) is 2.40. The zero-order valence-corrected chi connectivity index (χ0v) is 14.8. The molecule has 0 spiro atoms. The highest BCUT2D eigenvalue weighted by Crippen LogP contribution is 2.22. The van der Waals surface area contributed by atoms with Crippen LogP contribution in [0.5, 0.6) is 0 Å². The highest BCUT2D eigenvalue weighted by molar-refractivity contribution is 5.39. The lowest BCUT2D eigenvalue weighted by Gasteiger charge is -2.12. The van der Waals surface area contributed by atoms with Crippen molar-refractivity contribution >= 4 is 0 Å². The van der Waals surface area contributed by atoms with Crippen molar-refractivity contribution < 1.29 is 0 Å². The van der Waals surface area contributed by atoms with E-state index in [0.29, 0.717) is 5.92 Å². The second-order valence-electron chi connectivity index (χ2n) is 6.21. The van der Waals surface area contributed by atoms with Gasteiger partial charge in [-0.1, -0.05) is 49.3 Å². The molecule has 0 rings (SSSR count). The van der Waals surface area contributed by atoms with Crippen molar-refractivity contribution in [3.8, 4) is 0 Å². The van der Waals surface area contributed by atoms with Gasteiger partial charge in [-0.2, -0.15) is 0 Å². The van der Waals surface area contributed by atoms with E-state index in [1.165, 1.54) is 47.1 Å².